The predicted molar refractivity (Wildman–Crippen MR) is 69.2 cm³/mol. The molecule has 0 aromatic carbocycles. The number of aromatic nitrogens is 1. The Balaban J connectivity index is 2.37. The highest BCUT2D eigenvalue weighted by molar-refractivity contribution is 9.11. The molecule has 0 radical (unpaired) electrons. The van der Waals surface area contributed by atoms with Gasteiger partial charge in [-0.15, -0.1) is 0 Å². The van der Waals surface area contributed by atoms with Gasteiger partial charge in [0.15, 0.2) is 0 Å². The van der Waals surface area contributed by atoms with E-state index in [9.17, 15) is 0 Å². The van der Waals surface area contributed by atoms with Gasteiger partial charge in [0, 0.05) is 10.7 Å². The first kappa shape index (κ1) is 13.0. The maximum atomic E-state index is 5.56. The highest BCUT2D eigenvalue weighted by Crippen LogP contribution is 2.25. The number of nitrogens with zero attached hydrogens (tertiary/aromatic N) is 1. The zero-order valence-corrected chi connectivity index (χ0v) is 12.1. The summed E-state index contributed by atoms with van der Waals surface area (Å²) in [5.41, 5.74) is 0. The first-order valence-corrected chi connectivity index (χ1v) is 6.62. The lowest BCUT2D eigenvalue weighted by Crippen LogP contribution is -2.01. The van der Waals surface area contributed by atoms with Crippen molar-refractivity contribution in [3.8, 4) is 5.88 Å². The number of rotatable bonds is 5. The lowest BCUT2D eigenvalue weighted by molar-refractivity contribution is 0.285. The molecule has 0 saturated carbocycles. The second kappa shape index (κ2) is 6.48. The summed E-state index contributed by atoms with van der Waals surface area (Å²) in [4.78, 5) is 4.18. The SMILES string of the molecule is CC(C)CCCOc1ncc(Br)cc1Br. The molecule has 0 aliphatic rings. The van der Waals surface area contributed by atoms with Crippen LogP contribution in [0.4, 0.5) is 0 Å². The molecule has 0 amide bonds. The molecule has 1 rings (SSSR count). The number of halogens is 2. The van der Waals surface area contributed by atoms with E-state index in [1.54, 1.807) is 6.20 Å². The predicted octanol–water partition coefficient (Wildman–Crippen LogP) is 4.42. The quantitative estimate of drug-likeness (QED) is 0.742. The van der Waals surface area contributed by atoms with E-state index in [4.69, 9.17) is 4.74 Å². The lowest BCUT2D eigenvalue weighted by Gasteiger charge is -2.08. The van der Waals surface area contributed by atoms with Gasteiger partial charge in [0.2, 0.25) is 5.88 Å². The van der Waals surface area contributed by atoms with E-state index in [0.717, 1.165) is 27.9 Å². The number of ether oxygens (including phenoxy) is 1. The molecule has 0 atom stereocenters. The number of hydrogen-bond acceptors (Lipinski definition) is 2. The van der Waals surface area contributed by atoms with Crippen molar-refractivity contribution >= 4 is 31.9 Å². The van der Waals surface area contributed by atoms with Crippen LogP contribution < -0.4 is 4.74 Å². The molecule has 0 aliphatic carbocycles. The van der Waals surface area contributed by atoms with Gasteiger partial charge in [-0.3, -0.25) is 0 Å². The number of pyridine rings is 1. The fraction of sp³-hybridized carbons (Fsp3) is 0.545. The van der Waals surface area contributed by atoms with Gasteiger partial charge < -0.3 is 4.74 Å². The van der Waals surface area contributed by atoms with Gasteiger partial charge in [0.25, 0.3) is 0 Å². The average Bonchev–Trinajstić information content (AvgIpc) is 2.14. The van der Waals surface area contributed by atoms with Crippen LogP contribution in [0.5, 0.6) is 5.88 Å². The van der Waals surface area contributed by atoms with Gasteiger partial charge in [-0.2, -0.15) is 0 Å². The van der Waals surface area contributed by atoms with Crippen molar-refractivity contribution in [2.24, 2.45) is 5.92 Å². The van der Waals surface area contributed by atoms with Gasteiger partial charge in [-0.25, -0.2) is 4.98 Å². The zero-order chi connectivity index (χ0) is 11.3. The first-order valence-electron chi connectivity index (χ1n) is 5.03. The molecule has 1 heterocycles. The summed E-state index contributed by atoms with van der Waals surface area (Å²) in [5.74, 6) is 1.40. The van der Waals surface area contributed by atoms with E-state index in [0.29, 0.717) is 5.88 Å². The van der Waals surface area contributed by atoms with Crippen LogP contribution in [0.3, 0.4) is 0 Å². The van der Waals surface area contributed by atoms with Crippen LogP contribution in [-0.4, -0.2) is 11.6 Å². The van der Waals surface area contributed by atoms with Crippen LogP contribution in [0.2, 0.25) is 0 Å². The Labute approximate surface area is 108 Å². The summed E-state index contributed by atoms with van der Waals surface area (Å²) in [6.45, 7) is 5.16. The molecule has 1 aromatic rings. The molecule has 84 valence electrons. The normalized spacial score (nSPS) is 10.7. The molecule has 0 saturated heterocycles. The summed E-state index contributed by atoms with van der Waals surface area (Å²) < 4.78 is 7.40. The Morgan fingerprint density at radius 3 is 2.73 bits per heavy atom. The minimum atomic E-state index is 0.668. The molecule has 0 unspecified atom stereocenters. The first-order chi connectivity index (χ1) is 7.09. The molecule has 0 fully saturated rings. The molecule has 0 spiro atoms. The monoisotopic (exact) mass is 335 g/mol. The highest BCUT2D eigenvalue weighted by atomic mass is 79.9. The summed E-state index contributed by atoms with van der Waals surface area (Å²) in [5, 5.41) is 0. The summed E-state index contributed by atoms with van der Waals surface area (Å²) in [7, 11) is 0. The Hall–Kier alpha value is -0.0900. The average molecular weight is 337 g/mol. The van der Waals surface area contributed by atoms with Crippen molar-refractivity contribution in [1.29, 1.82) is 0 Å². The van der Waals surface area contributed by atoms with Crippen molar-refractivity contribution in [2.45, 2.75) is 26.7 Å². The molecular formula is C11H15Br2NO. The molecular weight excluding hydrogens is 322 g/mol. The topological polar surface area (TPSA) is 22.1 Å². The van der Waals surface area contributed by atoms with Crippen molar-refractivity contribution in [1.82, 2.24) is 4.98 Å². The Bertz CT molecular complexity index is 315. The standard InChI is InChI=1S/C11H15Br2NO/c1-8(2)4-3-5-15-11-10(13)6-9(12)7-14-11/h6-8H,3-5H2,1-2H3. The van der Waals surface area contributed by atoms with Crippen LogP contribution in [-0.2, 0) is 0 Å². The third-order valence-corrected chi connectivity index (χ3v) is 2.94. The molecule has 0 aliphatic heterocycles. The van der Waals surface area contributed by atoms with E-state index in [1.165, 1.54) is 6.42 Å². The zero-order valence-electron chi connectivity index (χ0n) is 8.96. The van der Waals surface area contributed by atoms with Crippen molar-refractivity contribution < 1.29 is 4.74 Å². The van der Waals surface area contributed by atoms with Crippen LogP contribution in [0, 0.1) is 5.92 Å². The minimum Gasteiger partial charge on any atom is -0.477 e. The highest BCUT2D eigenvalue weighted by Gasteiger charge is 2.03. The van der Waals surface area contributed by atoms with Crippen LogP contribution >= 0.6 is 31.9 Å². The maximum absolute atomic E-state index is 5.56. The lowest BCUT2D eigenvalue weighted by atomic mass is 10.1. The van der Waals surface area contributed by atoms with Crippen molar-refractivity contribution in [3.63, 3.8) is 0 Å². The third-order valence-electron chi connectivity index (χ3n) is 1.94. The van der Waals surface area contributed by atoms with Crippen LogP contribution in [0.15, 0.2) is 21.2 Å². The number of hydrogen-bond donors (Lipinski definition) is 0. The fourth-order valence-corrected chi connectivity index (χ4v) is 2.27. The minimum absolute atomic E-state index is 0.668. The summed E-state index contributed by atoms with van der Waals surface area (Å²) in [6.07, 6.45) is 4.00. The third kappa shape index (κ3) is 4.98. The van der Waals surface area contributed by atoms with Gasteiger partial charge in [0.1, 0.15) is 0 Å². The van der Waals surface area contributed by atoms with Crippen molar-refractivity contribution in [2.75, 3.05) is 6.61 Å². The second-order valence-electron chi connectivity index (χ2n) is 3.83. The Morgan fingerprint density at radius 2 is 2.13 bits per heavy atom. The van der Waals surface area contributed by atoms with E-state index in [1.807, 2.05) is 6.07 Å². The van der Waals surface area contributed by atoms with Crippen LogP contribution in [0.1, 0.15) is 26.7 Å². The van der Waals surface area contributed by atoms with Gasteiger partial charge in [0.05, 0.1) is 11.1 Å². The second-order valence-corrected chi connectivity index (χ2v) is 5.60. The van der Waals surface area contributed by atoms with Crippen molar-refractivity contribution in [3.05, 3.63) is 21.2 Å². The van der Waals surface area contributed by atoms with Gasteiger partial charge in [-0.05, 0) is 56.7 Å². The van der Waals surface area contributed by atoms with Gasteiger partial charge in [-0.1, -0.05) is 13.8 Å². The van der Waals surface area contributed by atoms with E-state index < -0.39 is 0 Å². The molecule has 4 heteroatoms. The summed E-state index contributed by atoms with van der Waals surface area (Å²) in [6, 6.07) is 1.94. The Kier molecular flexibility index (Phi) is 5.61. The molecule has 0 bridgehead atoms. The van der Waals surface area contributed by atoms with Gasteiger partial charge >= 0.3 is 0 Å². The molecule has 0 N–H and O–H groups in total. The molecule has 1 aromatic heterocycles. The smallest absolute Gasteiger partial charge is 0.228 e. The Morgan fingerprint density at radius 1 is 1.40 bits per heavy atom. The van der Waals surface area contributed by atoms with E-state index in [2.05, 4.69) is 50.7 Å². The van der Waals surface area contributed by atoms with Crippen LogP contribution in [0.25, 0.3) is 0 Å². The molecule has 2 nitrogen and oxygen atoms in total. The van der Waals surface area contributed by atoms with E-state index >= 15 is 0 Å². The largest absolute Gasteiger partial charge is 0.477 e. The summed E-state index contributed by atoms with van der Waals surface area (Å²) >= 11 is 6.76. The van der Waals surface area contributed by atoms with E-state index in [-0.39, 0.29) is 0 Å². The fourth-order valence-electron chi connectivity index (χ4n) is 1.17. The maximum Gasteiger partial charge on any atom is 0.228 e. The molecule has 15 heavy (non-hydrogen) atoms.